The van der Waals surface area contributed by atoms with Crippen molar-refractivity contribution in [3.05, 3.63) is 17.5 Å². The average molecular weight is 338 g/mol. The standard InChI is InChI=1S/C17H30N4O3/c1-11(10-21-13(3)8-12(2)20-21)9-18-15(22)14(4)19-16(23)24-17(5,6)7/h8,11,14H,9-10H2,1-7H3,(H,18,22)(H,19,23)/t11-,14-/m1/s1. The number of ether oxygens (including phenoxy) is 1. The summed E-state index contributed by atoms with van der Waals surface area (Å²) in [5.74, 6) is -0.0123. The Morgan fingerprint density at radius 3 is 2.42 bits per heavy atom. The normalized spacial score (nSPS) is 14.0. The van der Waals surface area contributed by atoms with Crippen LogP contribution in [-0.2, 0) is 16.1 Å². The predicted octanol–water partition coefficient (Wildman–Crippen LogP) is 2.17. The number of carbonyl (C=O) groups excluding carboxylic acids is 2. The molecule has 0 unspecified atom stereocenters. The van der Waals surface area contributed by atoms with Crippen molar-refractivity contribution < 1.29 is 14.3 Å². The van der Waals surface area contributed by atoms with Crippen LogP contribution in [0, 0.1) is 19.8 Å². The van der Waals surface area contributed by atoms with E-state index in [0.29, 0.717) is 6.54 Å². The molecule has 2 amide bonds. The molecule has 1 heterocycles. The fourth-order valence-electron chi connectivity index (χ4n) is 2.20. The summed E-state index contributed by atoms with van der Waals surface area (Å²) in [6, 6.07) is 1.37. The number of aryl methyl sites for hydroxylation is 2. The van der Waals surface area contributed by atoms with Gasteiger partial charge >= 0.3 is 6.09 Å². The molecule has 0 aliphatic rings. The zero-order valence-electron chi connectivity index (χ0n) is 15.8. The molecule has 0 fully saturated rings. The molecule has 0 spiro atoms. The molecule has 7 nitrogen and oxygen atoms in total. The third-order valence-electron chi connectivity index (χ3n) is 3.34. The van der Waals surface area contributed by atoms with Crippen LogP contribution >= 0.6 is 0 Å². The molecular weight excluding hydrogens is 308 g/mol. The molecule has 24 heavy (non-hydrogen) atoms. The lowest BCUT2D eigenvalue weighted by Crippen LogP contribution is -2.47. The van der Waals surface area contributed by atoms with Gasteiger partial charge in [-0.25, -0.2) is 4.79 Å². The molecule has 7 heteroatoms. The number of carbonyl (C=O) groups is 2. The fourth-order valence-corrected chi connectivity index (χ4v) is 2.20. The maximum atomic E-state index is 12.1. The summed E-state index contributed by atoms with van der Waals surface area (Å²) in [4.78, 5) is 23.7. The molecule has 1 rings (SSSR count). The Labute approximate surface area is 144 Å². The lowest BCUT2D eigenvalue weighted by Gasteiger charge is -2.22. The second-order valence-corrected chi connectivity index (χ2v) is 7.33. The Balaban J connectivity index is 2.39. The predicted molar refractivity (Wildman–Crippen MR) is 92.7 cm³/mol. The van der Waals surface area contributed by atoms with Crippen molar-refractivity contribution in [2.24, 2.45) is 5.92 Å². The summed E-state index contributed by atoms with van der Waals surface area (Å²) in [7, 11) is 0. The van der Waals surface area contributed by atoms with Gasteiger partial charge in [0.1, 0.15) is 11.6 Å². The highest BCUT2D eigenvalue weighted by atomic mass is 16.6. The van der Waals surface area contributed by atoms with Gasteiger partial charge in [0.05, 0.1) is 5.69 Å². The molecular formula is C17H30N4O3. The number of aromatic nitrogens is 2. The summed E-state index contributed by atoms with van der Waals surface area (Å²) in [6.07, 6.45) is -0.596. The topological polar surface area (TPSA) is 85.2 Å². The van der Waals surface area contributed by atoms with Gasteiger partial charge in [-0.15, -0.1) is 0 Å². The molecule has 0 aromatic carbocycles. The van der Waals surface area contributed by atoms with Crippen LogP contribution in [0.25, 0.3) is 0 Å². The molecule has 0 saturated heterocycles. The highest BCUT2D eigenvalue weighted by Gasteiger charge is 2.21. The monoisotopic (exact) mass is 338 g/mol. The van der Waals surface area contributed by atoms with Gasteiger partial charge in [-0.3, -0.25) is 9.48 Å². The lowest BCUT2D eigenvalue weighted by atomic mass is 10.1. The van der Waals surface area contributed by atoms with E-state index in [0.717, 1.165) is 17.9 Å². The highest BCUT2D eigenvalue weighted by molar-refractivity contribution is 5.85. The fraction of sp³-hybridized carbons (Fsp3) is 0.706. The first-order chi connectivity index (χ1) is 11.0. The molecule has 0 aliphatic carbocycles. The van der Waals surface area contributed by atoms with Gasteiger partial charge in [0.2, 0.25) is 5.91 Å². The van der Waals surface area contributed by atoms with Crippen LogP contribution < -0.4 is 10.6 Å². The SMILES string of the molecule is Cc1cc(C)n(C[C@H](C)CNC(=O)[C@@H](C)NC(=O)OC(C)(C)C)n1. The van der Waals surface area contributed by atoms with Gasteiger partial charge in [0.15, 0.2) is 0 Å². The smallest absolute Gasteiger partial charge is 0.408 e. The summed E-state index contributed by atoms with van der Waals surface area (Å²) in [5.41, 5.74) is 1.50. The summed E-state index contributed by atoms with van der Waals surface area (Å²) in [6.45, 7) is 14.2. The largest absolute Gasteiger partial charge is 0.444 e. The van der Waals surface area contributed by atoms with Crippen LogP contribution in [0.4, 0.5) is 4.79 Å². The van der Waals surface area contributed by atoms with E-state index in [2.05, 4.69) is 15.7 Å². The van der Waals surface area contributed by atoms with Crippen molar-refractivity contribution in [3.8, 4) is 0 Å². The Bertz CT molecular complexity index is 575. The number of hydrogen-bond donors (Lipinski definition) is 2. The zero-order valence-corrected chi connectivity index (χ0v) is 15.8. The second kappa shape index (κ2) is 8.17. The number of amides is 2. The Hall–Kier alpha value is -2.05. The van der Waals surface area contributed by atoms with Crippen LogP contribution in [-0.4, -0.2) is 40.0 Å². The maximum absolute atomic E-state index is 12.1. The third kappa shape index (κ3) is 7.02. The van der Waals surface area contributed by atoms with Crippen LogP contribution in [0.5, 0.6) is 0 Å². The summed E-state index contributed by atoms with van der Waals surface area (Å²) >= 11 is 0. The number of nitrogens with zero attached hydrogens (tertiary/aromatic N) is 2. The molecule has 0 bridgehead atoms. The Kier molecular flexibility index (Phi) is 6.81. The van der Waals surface area contributed by atoms with Gasteiger partial charge < -0.3 is 15.4 Å². The van der Waals surface area contributed by atoms with E-state index in [-0.39, 0.29) is 11.8 Å². The minimum absolute atomic E-state index is 0.223. The summed E-state index contributed by atoms with van der Waals surface area (Å²) in [5, 5.41) is 9.79. The number of rotatable bonds is 6. The number of hydrogen-bond acceptors (Lipinski definition) is 4. The van der Waals surface area contributed by atoms with Crippen molar-refractivity contribution in [2.75, 3.05) is 6.54 Å². The van der Waals surface area contributed by atoms with E-state index < -0.39 is 17.7 Å². The second-order valence-electron chi connectivity index (χ2n) is 7.33. The van der Waals surface area contributed by atoms with Crippen molar-refractivity contribution in [1.82, 2.24) is 20.4 Å². The third-order valence-corrected chi connectivity index (χ3v) is 3.34. The van der Waals surface area contributed by atoms with E-state index in [9.17, 15) is 9.59 Å². The first-order valence-corrected chi connectivity index (χ1v) is 8.26. The van der Waals surface area contributed by atoms with Crippen molar-refractivity contribution in [3.63, 3.8) is 0 Å². The molecule has 1 aromatic heterocycles. The quantitative estimate of drug-likeness (QED) is 0.832. The molecule has 1 aromatic rings. The lowest BCUT2D eigenvalue weighted by molar-refractivity contribution is -0.123. The Morgan fingerprint density at radius 1 is 1.29 bits per heavy atom. The minimum Gasteiger partial charge on any atom is -0.444 e. The van der Waals surface area contributed by atoms with E-state index in [1.807, 2.05) is 31.5 Å². The number of alkyl carbamates (subject to hydrolysis) is 1. The van der Waals surface area contributed by atoms with Gasteiger partial charge in [0.25, 0.3) is 0 Å². The van der Waals surface area contributed by atoms with Crippen LogP contribution in [0.15, 0.2) is 6.07 Å². The van der Waals surface area contributed by atoms with Crippen LogP contribution in [0.1, 0.15) is 46.0 Å². The van der Waals surface area contributed by atoms with E-state index >= 15 is 0 Å². The van der Waals surface area contributed by atoms with Crippen molar-refractivity contribution in [1.29, 1.82) is 0 Å². The minimum atomic E-state index is -0.652. The summed E-state index contributed by atoms with van der Waals surface area (Å²) < 4.78 is 7.08. The van der Waals surface area contributed by atoms with E-state index in [4.69, 9.17) is 4.74 Å². The Morgan fingerprint density at radius 2 is 1.92 bits per heavy atom. The van der Waals surface area contributed by atoms with Crippen molar-refractivity contribution in [2.45, 2.75) is 66.7 Å². The number of nitrogens with one attached hydrogen (secondary N) is 2. The molecule has 136 valence electrons. The van der Waals surface area contributed by atoms with Crippen LogP contribution in [0.2, 0.25) is 0 Å². The zero-order chi connectivity index (χ0) is 18.5. The van der Waals surface area contributed by atoms with Gasteiger partial charge in [-0.05, 0) is 53.5 Å². The van der Waals surface area contributed by atoms with E-state index in [1.165, 1.54) is 0 Å². The van der Waals surface area contributed by atoms with Crippen LogP contribution in [0.3, 0.4) is 0 Å². The van der Waals surface area contributed by atoms with E-state index in [1.54, 1.807) is 27.7 Å². The molecule has 2 N–H and O–H groups in total. The first kappa shape index (κ1) is 20.0. The van der Waals surface area contributed by atoms with Crippen molar-refractivity contribution >= 4 is 12.0 Å². The molecule has 2 atom stereocenters. The molecule has 0 radical (unpaired) electrons. The highest BCUT2D eigenvalue weighted by Crippen LogP contribution is 2.07. The first-order valence-electron chi connectivity index (χ1n) is 8.26. The molecule has 0 saturated carbocycles. The average Bonchev–Trinajstić information content (AvgIpc) is 2.71. The van der Waals surface area contributed by atoms with Gasteiger partial charge in [0, 0.05) is 18.8 Å². The van der Waals surface area contributed by atoms with Gasteiger partial charge in [-0.2, -0.15) is 5.10 Å². The maximum Gasteiger partial charge on any atom is 0.408 e. The molecule has 0 aliphatic heterocycles. The van der Waals surface area contributed by atoms with Gasteiger partial charge in [-0.1, -0.05) is 6.92 Å².